The van der Waals surface area contributed by atoms with Crippen LogP contribution in [-0.4, -0.2) is 66.9 Å². The van der Waals surface area contributed by atoms with Gasteiger partial charge in [0, 0.05) is 13.5 Å². The molecule has 0 fully saturated rings. The SMILES string of the molecule is COc1ccc2cc([C@H](CCC(=O)N(C)CC(=O)OCCO[N+](=O)[O-])C(=O)O)ccc2c1. The smallest absolute Gasteiger partial charge is 0.325 e. The number of hydrogen-bond donors (Lipinski definition) is 1. The van der Waals surface area contributed by atoms with Gasteiger partial charge in [-0.05, 0) is 34.9 Å². The minimum absolute atomic E-state index is 0.0475. The number of esters is 1. The van der Waals surface area contributed by atoms with Crippen molar-refractivity contribution in [2.75, 3.05) is 33.9 Å². The fourth-order valence-corrected chi connectivity index (χ4v) is 3.07. The molecule has 0 unspecified atom stereocenters. The Bertz CT molecular complexity index is 992. The quantitative estimate of drug-likeness (QED) is 0.223. The van der Waals surface area contributed by atoms with Crippen LogP contribution in [-0.2, 0) is 24.0 Å². The minimum Gasteiger partial charge on any atom is -0.497 e. The van der Waals surface area contributed by atoms with Crippen LogP contribution in [0.25, 0.3) is 10.8 Å². The molecular formula is C21H24N2O9. The highest BCUT2D eigenvalue weighted by Crippen LogP contribution is 2.28. The summed E-state index contributed by atoms with van der Waals surface area (Å²) in [5.41, 5.74) is 0.566. The normalized spacial score (nSPS) is 11.4. The van der Waals surface area contributed by atoms with Crippen LogP contribution in [0, 0.1) is 10.1 Å². The maximum Gasteiger partial charge on any atom is 0.325 e. The standard InChI is InChI=1S/C21H24N2O9/c1-22(13-20(25)31-9-10-32-23(28)29)19(24)8-7-18(21(26)27)16-4-3-15-12-17(30-2)6-5-14(15)11-16/h3-6,11-12,18H,7-10,13H2,1-2H3,(H,26,27)/t18-/m0/s1. The van der Waals surface area contributed by atoms with Crippen molar-refractivity contribution in [1.29, 1.82) is 0 Å². The van der Waals surface area contributed by atoms with Crippen molar-refractivity contribution >= 4 is 28.6 Å². The van der Waals surface area contributed by atoms with Crippen molar-refractivity contribution in [2.45, 2.75) is 18.8 Å². The first-order chi connectivity index (χ1) is 15.2. The summed E-state index contributed by atoms with van der Waals surface area (Å²) < 4.78 is 9.93. The summed E-state index contributed by atoms with van der Waals surface area (Å²) in [5.74, 6) is -2.45. The number of amides is 1. The third-order valence-electron chi connectivity index (χ3n) is 4.75. The van der Waals surface area contributed by atoms with Gasteiger partial charge in [0.15, 0.2) is 0 Å². The summed E-state index contributed by atoms with van der Waals surface area (Å²) in [5, 5.41) is 20.4. The van der Waals surface area contributed by atoms with E-state index in [2.05, 4.69) is 4.84 Å². The molecule has 0 heterocycles. The van der Waals surface area contributed by atoms with Gasteiger partial charge in [0.2, 0.25) is 5.91 Å². The minimum atomic E-state index is -1.06. The maximum atomic E-state index is 12.3. The lowest BCUT2D eigenvalue weighted by molar-refractivity contribution is -0.757. The summed E-state index contributed by atoms with van der Waals surface area (Å²) in [6, 6.07) is 10.7. The second-order valence-electron chi connectivity index (χ2n) is 6.93. The lowest BCUT2D eigenvalue weighted by atomic mass is 9.92. The third kappa shape index (κ3) is 7.11. The largest absolute Gasteiger partial charge is 0.497 e. The van der Waals surface area contributed by atoms with Crippen LogP contribution in [0.5, 0.6) is 5.75 Å². The molecule has 0 radical (unpaired) electrons. The van der Waals surface area contributed by atoms with Crippen LogP contribution < -0.4 is 4.74 Å². The van der Waals surface area contributed by atoms with Gasteiger partial charge >= 0.3 is 11.9 Å². The van der Waals surface area contributed by atoms with E-state index in [1.54, 1.807) is 31.4 Å². The van der Waals surface area contributed by atoms with Gasteiger partial charge in [-0.1, -0.05) is 24.3 Å². The van der Waals surface area contributed by atoms with E-state index in [0.717, 1.165) is 15.7 Å². The molecule has 1 atom stereocenters. The number of aliphatic carboxylic acids is 1. The molecule has 0 aliphatic heterocycles. The van der Waals surface area contributed by atoms with Gasteiger partial charge in [-0.3, -0.25) is 14.4 Å². The molecule has 0 saturated heterocycles. The number of ether oxygens (including phenoxy) is 2. The summed E-state index contributed by atoms with van der Waals surface area (Å²) in [7, 11) is 2.95. The monoisotopic (exact) mass is 448 g/mol. The fraction of sp³-hybridized carbons (Fsp3) is 0.381. The number of carboxylic acids is 1. The Labute approximate surface area is 183 Å². The van der Waals surface area contributed by atoms with Crippen molar-refractivity contribution in [3.63, 3.8) is 0 Å². The lowest BCUT2D eigenvalue weighted by Gasteiger charge is -2.18. The zero-order valence-corrected chi connectivity index (χ0v) is 17.7. The number of nitrogens with zero attached hydrogens (tertiary/aromatic N) is 2. The molecule has 0 aliphatic rings. The Morgan fingerprint density at radius 1 is 1.12 bits per heavy atom. The molecule has 0 spiro atoms. The molecule has 11 heteroatoms. The topological polar surface area (TPSA) is 146 Å². The zero-order chi connectivity index (χ0) is 23.7. The third-order valence-corrected chi connectivity index (χ3v) is 4.75. The van der Waals surface area contributed by atoms with E-state index in [1.165, 1.54) is 7.05 Å². The van der Waals surface area contributed by atoms with Gasteiger partial charge in [-0.15, -0.1) is 10.1 Å². The average Bonchev–Trinajstić information content (AvgIpc) is 2.75. The first kappa shape index (κ1) is 24.4. The van der Waals surface area contributed by atoms with Crippen LogP contribution in [0.2, 0.25) is 0 Å². The number of carbonyl (C=O) groups excluding carboxylic acids is 2. The first-order valence-corrected chi connectivity index (χ1v) is 9.68. The summed E-state index contributed by atoms with van der Waals surface area (Å²) in [6.07, 6.45) is -0.0439. The van der Waals surface area contributed by atoms with Crippen LogP contribution >= 0.6 is 0 Å². The molecule has 172 valence electrons. The number of rotatable bonds is 12. The van der Waals surface area contributed by atoms with Crippen molar-refractivity contribution < 1.29 is 38.9 Å². The molecule has 0 aromatic heterocycles. The maximum absolute atomic E-state index is 12.3. The molecule has 1 N–H and O–H groups in total. The van der Waals surface area contributed by atoms with E-state index >= 15 is 0 Å². The number of benzene rings is 2. The van der Waals surface area contributed by atoms with E-state index in [1.807, 2.05) is 12.1 Å². The number of methoxy groups -OCH3 is 1. The molecule has 0 aliphatic carbocycles. The van der Waals surface area contributed by atoms with Crippen LogP contribution in [0.1, 0.15) is 24.3 Å². The lowest BCUT2D eigenvalue weighted by Crippen LogP contribution is -2.33. The van der Waals surface area contributed by atoms with Crippen LogP contribution in [0.3, 0.4) is 0 Å². The van der Waals surface area contributed by atoms with Gasteiger partial charge in [0.1, 0.15) is 25.5 Å². The Balaban J connectivity index is 1.93. The average molecular weight is 448 g/mol. The molecule has 0 bridgehead atoms. The highest BCUT2D eigenvalue weighted by atomic mass is 17.0. The number of hydrogen-bond acceptors (Lipinski definition) is 8. The zero-order valence-electron chi connectivity index (χ0n) is 17.7. The van der Waals surface area contributed by atoms with Crippen LogP contribution in [0.15, 0.2) is 36.4 Å². The first-order valence-electron chi connectivity index (χ1n) is 9.68. The Morgan fingerprint density at radius 3 is 2.47 bits per heavy atom. The predicted octanol–water partition coefficient (Wildman–Crippen LogP) is 2.01. The van der Waals surface area contributed by atoms with Gasteiger partial charge in [0.25, 0.3) is 5.09 Å². The van der Waals surface area contributed by atoms with E-state index in [9.17, 15) is 29.6 Å². The molecule has 2 rings (SSSR count). The number of carbonyl (C=O) groups is 3. The molecule has 2 aromatic rings. The van der Waals surface area contributed by atoms with E-state index < -0.39 is 35.5 Å². The molecular weight excluding hydrogens is 424 g/mol. The molecule has 11 nitrogen and oxygen atoms in total. The van der Waals surface area contributed by atoms with Gasteiger partial charge in [-0.25, -0.2) is 0 Å². The van der Waals surface area contributed by atoms with Gasteiger partial charge < -0.3 is 24.3 Å². The van der Waals surface area contributed by atoms with Gasteiger partial charge in [0.05, 0.1) is 13.0 Å². The summed E-state index contributed by atoms with van der Waals surface area (Å²) in [6.45, 7) is -1.10. The predicted molar refractivity (Wildman–Crippen MR) is 112 cm³/mol. The van der Waals surface area contributed by atoms with E-state index in [0.29, 0.717) is 11.3 Å². The number of fused-ring (bicyclic) bond motifs is 1. The van der Waals surface area contributed by atoms with Crippen molar-refractivity contribution in [2.24, 2.45) is 0 Å². The van der Waals surface area contributed by atoms with Crippen LogP contribution in [0.4, 0.5) is 0 Å². The Kier molecular flexibility index (Phi) is 8.75. The second kappa shape index (κ2) is 11.5. The molecule has 32 heavy (non-hydrogen) atoms. The van der Waals surface area contributed by atoms with E-state index in [4.69, 9.17) is 9.47 Å². The molecule has 0 saturated carbocycles. The van der Waals surface area contributed by atoms with Gasteiger partial charge in [-0.2, -0.15) is 0 Å². The van der Waals surface area contributed by atoms with Crippen molar-refractivity contribution in [3.8, 4) is 5.75 Å². The fourth-order valence-electron chi connectivity index (χ4n) is 3.07. The Morgan fingerprint density at radius 2 is 1.81 bits per heavy atom. The second-order valence-corrected chi connectivity index (χ2v) is 6.93. The highest BCUT2D eigenvalue weighted by molar-refractivity contribution is 5.87. The van der Waals surface area contributed by atoms with Crippen molar-refractivity contribution in [3.05, 3.63) is 52.1 Å². The van der Waals surface area contributed by atoms with E-state index in [-0.39, 0.29) is 26.0 Å². The molecule has 2 aromatic carbocycles. The number of carboxylic acid groups (broad SMARTS) is 1. The number of likely N-dealkylation sites (N-methyl/N-ethyl adjacent to an activating group) is 1. The Hall–Kier alpha value is -3.89. The highest BCUT2D eigenvalue weighted by Gasteiger charge is 2.23. The summed E-state index contributed by atoms with van der Waals surface area (Å²) in [4.78, 5) is 51.0. The van der Waals surface area contributed by atoms with Crippen molar-refractivity contribution in [1.82, 2.24) is 4.90 Å². The molecule has 1 amide bonds. The summed E-state index contributed by atoms with van der Waals surface area (Å²) >= 11 is 0.